The first-order chi connectivity index (χ1) is 29.5. The lowest BCUT2D eigenvalue weighted by molar-refractivity contribution is -0.141. The summed E-state index contributed by atoms with van der Waals surface area (Å²) >= 11 is 1.47. The molecule has 5 heterocycles. The number of hydrogen-bond acceptors (Lipinski definition) is 14. The number of nitrogens with zero attached hydrogens (tertiary/aromatic N) is 5. The minimum absolute atomic E-state index is 0.0138. The predicted octanol–water partition coefficient (Wildman–Crippen LogP) is 5.03. The van der Waals surface area contributed by atoms with E-state index in [4.69, 9.17) is 24.0 Å². The predicted molar refractivity (Wildman–Crippen MR) is 229 cm³/mol. The van der Waals surface area contributed by atoms with Crippen molar-refractivity contribution in [1.29, 1.82) is 0 Å². The largest absolute Gasteiger partial charge is 0.496 e. The van der Waals surface area contributed by atoms with E-state index in [1.54, 1.807) is 21.0 Å². The van der Waals surface area contributed by atoms with Crippen LogP contribution in [0.5, 0.6) is 11.5 Å². The van der Waals surface area contributed by atoms with Gasteiger partial charge in [-0.25, -0.2) is 18.4 Å². The topological polar surface area (TPSA) is 225 Å². The van der Waals surface area contributed by atoms with E-state index in [1.807, 2.05) is 42.7 Å². The van der Waals surface area contributed by atoms with Crippen molar-refractivity contribution in [3.05, 3.63) is 58.7 Å². The van der Waals surface area contributed by atoms with Crippen LogP contribution in [-0.2, 0) is 24.4 Å². The molecule has 330 valence electrons. The molecule has 4 aromatic rings. The summed E-state index contributed by atoms with van der Waals surface area (Å²) < 4.78 is 45.3. The number of aromatic nitrogens is 4. The van der Waals surface area contributed by atoms with Gasteiger partial charge in [0.05, 0.1) is 29.6 Å². The highest BCUT2D eigenvalue weighted by Gasteiger charge is 2.63. The van der Waals surface area contributed by atoms with Gasteiger partial charge in [0, 0.05) is 41.7 Å². The Balaban J connectivity index is 1.15. The lowest BCUT2D eigenvalue weighted by atomic mass is 10.0. The maximum atomic E-state index is 14.8. The summed E-state index contributed by atoms with van der Waals surface area (Å²) in [5.41, 5.74) is 1.37. The molecule has 3 N–H and O–H groups in total. The molecule has 1 aromatic carbocycles. The minimum atomic E-state index is -4.03. The van der Waals surface area contributed by atoms with Gasteiger partial charge in [0.2, 0.25) is 27.7 Å². The zero-order valence-corrected chi connectivity index (χ0v) is 37.3. The van der Waals surface area contributed by atoms with Crippen LogP contribution in [0.25, 0.3) is 21.6 Å². The van der Waals surface area contributed by atoms with Gasteiger partial charge in [-0.2, -0.15) is 4.98 Å². The van der Waals surface area contributed by atoms with Gasteiger partial charge in [0.25, 0.3) is 17.6 Å². The Hall–Kier alpha value is -5.43. The van der Waals surface area contributed by atoms with Crippen LogP contribution in [0, 0.1) is 19.8 Å². The fourth-order valence-corrected chi connectivity index (χ4v) is 10.5. The molecule has 0 spiro atoms. The lowest BCUT2D eigenvalue weighted by Crippen LogP contribution is -2.58. The molecule has 17 nitrogen and oxygen atoms in total. The number of nitrogens with one attached hydrogen (secondary N) is 3. The van der Waals surface area contributed by atoms with E-state index >= 15 is 0 Å². The summed E-state index contributed by atoms with van der Waals surface area (Å²) in [6.07, 6.45) is 7.09. The summed E-state index contributed by atoms with van der Waals surface area (Å²) in [6, 6.07) is 3.25. The van der Waals surface area contributed by atoms with E-state index in [-0.39, 0.29) is 43.4 Å². The van der Waals surface area contributed by atoms with Crippen LogP contribution in [0.2, 0.25) is 0 Å². The zero-order valence-electron chi connectivity index (χ0n) is 35.6. The van der Waals surface area contributed by atoms with Crippen LogP contribution < -0.4 is 24.8 Å². The van der Waals surface area contributed by atoms with E-state index in [0.29, 0.717) is 58.8 Å². The average molecular weight is 889 g/mol. The number of carbonyl (C=O) groups is 4. The molecule has 62 heavy (non-hydrogen) atoms. The second kappa shape index (κ2) is 16.7. The van der Waals surface area contributed by atoms with Gasteiger partial charge in [-0.1, -0.05) is 44.0 Å². The van der Waals surface area contributed by atoms with Crippen LogP contribution in [0.4, 0.5) is 0 Å². The van der Waals surface area contributed by atoms with E-state index in [2.05, 4.69) is 39.3 Å². The number of methoxy groups -OCH3 is 1. The van der Waals surface area contributed by atoms with E-state index < -0.39 is 68.0 Å². The number of fused-ring (bicyclic) bond motifs is 3. The Morgan fingerprint density at radius 1 is 1.08 bits per heavy atom. The molecule has 19 heteroatoms. The maximum absolute atomic E-state index is 14.8. The molecule has 2 aliphatic carbocycles. The first-order valence-corrected chi connectivity index (χ1v) is 23.5. The molecule has 3 aromatic heterocycles. The molecule has 4 aliphatic rings. The molecule has 2 saturated carbocycles. The second-order valence-corrected chi connectivity index (χ2v) is 20.4. The van der Waals surface area contributed by atoms with Gasteiger partial charge in [-0.15, -0.1) is 11.3 Å². The van der Waals surface area contributed by atoms with Gasteiger partial charge in [-0.05, 0) is 70.4 Å². The molecule has 1 saturated heterocycles. The highest BCUT2D eigenvalue weighted by molar-refractivity contribution is 7.91. The number of aryl methyl sites for hydroxylation is 2. The molecule has 5 atom stereocenters. The summed E-state index contributed by atoms with van der Waals surface area (Å²) in [6.45, 7) is 9.12. The Labute approximate surface area is 363 Å². The lowest BCUT2D eigenvalue weighted by Gasteiger charge is -2.29. The standard InChI is InChI=1S/C43H52N8O9S2/c1-23(2)31-22-61-39(47-31)30-19-34(28-14-15-33(58-6)24(3)35(28)45-30)59-27-18-32-37(52)48-43(41(55)50-62(56,57)42(5)16-17-42)20-26(43)12-10-8-7-9-11-13-29(40(54)51(32)21-27)46-38(53)36-44-25(4)60-49-36/h10,12,14-15,19,22-23,26-27,29,32H,7-9,11,13,16-18,20-21H2,1-6H3,(H,46,53)(H,48,52)(H,50,55)/b12-10-/t26-,27-,29+,32+,43-/m1/s1. The van der Waals surface area contributed by atoms with Crippen LogP contribution in [0.3, 0.4) is 0 Å². The number of allylic oxidation sites excluding steroid dienone is 1. The Kier molecular flexibility index (Phi) is 11.6. The number of thiazole rings is 1. The molecule has 3 fully saturated rings. The number of ether oxygens (including phenoxy) is 2. The number of carbonyl (C=O) groups excluding carboxylic acids is 4. The number of amides is 4. The Morgan fingerprint density at radius 2 is 1.87 bits per heavy atom. The van der Waals surface area contributed by atoms with Gasteiger partial charge in [0.1, 0.15) is 45.9 Å². The van der Waals surface area contributed by atoms with Crippen LogP contribution in [0.15, 0.2) is 40.3 Å². The highest BCUT2D eigenvalue weighted by atomic mass is 32.2. The maximum Gasteiger partial charge on any atom is 0.293 e. The Bertz CT molecular complexity index is 2570. The zero-order chi connectivity index (χ0) is 44.1. The third-order valence-corrected chi connectivity index (χ3v) is 15.5. The van der Waals surface area contributed by atoms with Gasteiger partial charge >= 0.3 is 0 Å². The van der Waals surface area contributed by atoms with Gasteiger partial charge < -0.3 is 29.5 Å². The summed E-state index contributed by atoms with van der Waals surface area (Å²) in [7, 11) is -2.44. The first kappa shape index (κ1) is 43.2. The fourth-order valence-electron chi connectivity index (χ4n) is 8.22. The molecular weight excluding hydrogens is 837 g/mol. The van der Waals surface area contributed by atoms with Crippen molar-refractivity contribution in [2.45, 2.75) is 127 Å². The van der Waals surface area contributed by atoms with E-state index in [1.165, 1.54) is 16.2 Å². The summed E-state index contributed by atoms with van der Waals surface area (Å²) in [4.78, 5) is 72.2. The molecule has 4 amide bonds. The number of rotatable bonds is 10. The van der Waals surface area contributed by atoms with Crippen molar-refractivity contribution in [1.82, 2.24) is 40.4 Å². The van der Waals surface area contributed by atoms with Crippen molar-refractivity contribution < 1.29 is 41.6 Å². The van der Waals surface area contributed by atoms with E-state index in [0.717, 1.165) is 24.1 Å². The monoisotopic (exact) mass is 888 g/mol. The fraction of sp³-hybridized carbons (Fsp3) is 0.535. The Morgan fingerprint density at radius 3 is 2.56 bits per heavy atom. The quantitative estimate of drug-likeness (QED) is 0.178. The SMILES string of the molecule is COc1ccc2c(O[C@@H]3C[C@H]4C(=O)N[C@]5(C(=O)NS(=O)(=O)C6(C)CC6)C[C@H]5/C=C\CCCCC[C@H](NC(=O)c5noc(C)n5)C(=O)N4C3)cc(-c3nc(C(C)C)cs3)nc2c1C. The van der Waals surface area contributed by atoms with Crippen molar-refractivity contribution >= 4 is 55.9 Å². The normalized spacial score (nSPS) is 25.5. The molecule has 8 rings (SSSR count). The third kappa shape index (κ3) is 8.40. The number of benzene rings is 1. The molecule has 0 unspecified atom stereocenters. The van der Waals surface area contributed by atoms with Crippen molar-refractivity contribution in [3.63, 3.8) is 0 Å². The van der Waals surface area contributed by atoms with Crippen LogP contribution in [-0.4, -0.2) is 99.2 Å². The van der Waals surface area contributed by atoms with Gasteiger partial charge in [-0.3, -0.25) is 23.9 Å². The van der Waals surface area contributed by atoms with Crippen molar-refractivity contribution in [2.24, 2.45) is 5.92 Å². The van der Waals surface area contributed by atoms with Crippen molar-refractivity contribution in [2.75, 3.05) is 13.7 Å². The summed E-state index contributed by atoms with van der Waals surface area (Å²) in [5, 5.41) is 12.8. The summed E-state index contributed by atoms with van der Waals surface area (Å²) in [5.74, 6) is -1.92. The molecule has 0 radical (unpaired) electrons. The first-order valence-electron chi connectivity index (χ1n) is 21.1. The van der Waals surface area contributed by atoms with Gasteiger partial charge in [0.15, 0.2) is 0 Å². The molecule has 2 aliphatic heterocycles. The van der Waals surface area contributed by atoms with Crippen LogP contribution >= 0.6 is 11.3 Å². The number of sulfonamides is 1. The average Bonchev–Trinajstić information content (AvgIpc) is 3.86. The minimum Gasteiger partial charge on any atom is -0.496 e. The smallest absolute Gasteiger partial charge is 0.293 e. The highest BCUT2D eigenvalue weighted by Crippen LogP contribution is 2.48. The second-order valence-electron chi connectivity index (χ2n) is 17.4. The third-order valence-electron chi connectivity index (χ3n) is 12.5. The molecular formula is C43H52N8O9S2. The number of pyridine rings is 1. The van der Waals surface area contributed by atoms with E-state index in [9.17, 15) is 27.6 Å². The number of hydrogen-bond donors (Lipinski definition) is 3. The van der Waals surface area contributed by atoms with Crippen LogP contribution in [0.1, 0.15) is 112 Å². The molecule has 0 bridgehead atoms. The van der Waals surface area contributed by atoms with Crippen molar-refractivity contribution in [3.8, 4) is 22.2 Å².